The van der Waals surface area contributed by atoms with Gasteiger partial charge in [-0.3, -0.25) is 14.6 Å². The Morgan fingerprint density at radius 1 is 1.10 bits per heavy atom. The maximum Gasteiger partial charge on any atom is 1.00 e. The van der Waals surface area contributed by atoms with Gasteiger partial charge in [-0.15, -0.1) is 0 Å². The predicted molar refractivity (Wildman–Crippen MR) is 96.9 cm³/mol. The normalized spacial score (nSPS) is 11.9. The zero-order chi connectivity index (χ0) is 21.5. The van der Waals surface area contributed by atoms with Crippen LogP contribution in [0.25, 0.3) is 0 Å². The first kappa shape index (κ1) is 29.2. The maximum atomic E-state index is 12.2. The molecule has 0 aromatic carbocycles. The zero-order valence-corrected chi connectivity index (χ0v) is 18.8. The van der Waals surface area contributed by atoms with Crippen molar-refractivity contribution in [3.05, 3.63) is 0 Å². The fourth-order valence-electron chi connectivity index (χ4n) is 2.11. The number of unbranched alkanes of at least 4 members (excludes halogenated alkanes) is 2. The minimum Gasteiger partial charge on any atom is -0.548 e. The topological polar surface area (TPSA) is 209 Å². The summed E-state index contributed by atoms with van der Waals surface area (Å²) in [7, 11) is 0. The van der Waals surface area contributed by atoms with Gasteiger partial charge in [0.15, 0.2) is 5.96 Å². The second kappa shape index (κ2) is 16.9. The molecule has 0 spiro atoms. The van der Waals surface area contributed by atoms with Crippen LogP contribution in [-0.2, 0) is 19.1 Å². The Kier molecular flexibility index (Phi) is 17.0. The van der Waals surface area contributed by atoms with E-state index in [1.165, 1.54) is 0 Å². The second-order valence-electron chi connectivity index (χ2n) is 5.97. The van der Waals surface area contributed by atoms with E-state index in [1.807, 2.05) is 6.92 Å². The molecule has 0 saturated carbocycles. The van der Waals surface area contributed by atoms with Crippen LogP contribution in [0.3, 0.4) is 0 Å². The number of amides is 2. The Bertz CT molecular complexity index is 570. The molecule has 0 aliphatic rings. The van der Waals surface area contributed by atoms with Crippen LogP contribution in [0.1, 0.15) is 45.4 Å². The Morgan fingerprint density at radius 3 is 2.28 bits per heavy atom. The number of nitrogens with zero attached hydrogens (tertiary/aromatic N) is 1. The third-order valence-corrected chi connectivity index (χ3v) is 3.51. The Labute approximate surface area is 191 Å². The number of aliphatic imine (C=N–C) groups is 1. The van der Waals surface area contributed by atoms with Crippen molar-refractivity contribution < 1.29 is 63.7 Å². The molecule has 0 fully saturated rings. The Hall–Kier alpha value is -2.05. The van der Waals surface area contributed by atoms with E-state index >= 15 is 0 Å². The number of carboxylic acids is 2. The van der Waals surface area contributed by atoms with Gasteiger partial charge in [0.25, 0.3) is 0 Å². The third kappa shape index (κ3) is 15.5. The number of ether oxygens (including phenoxy) is 1. The van der Waals surface area contributed by atoms with E-state index in [9.17, 15) is 24.3 Å². The van der Waals surface area contributed by atoms with Crippen LogP contribution in [-0.4, -0.2) is 60.2 Å². The molecule has 13 heteroatoms. The number of nitrogens with two attached hydrogens (primary N) is 2. The molecule has 0 aromatic heterocycles. The van der Waals surface area contributed by atoms with Crippen molar-refractivity contribution in [2.75, 3.05) is 13.2 Å². The first-order valence-corrected chi connectivity index (χ1v) is 8.89. The van der Waals surface area contributed by atoms with Gasteiger partial charge in [0.1, 0.15) is 6.04 Å². The number of carbonyl (C=O) groups excluding carboxylic acids is 3. The molecular weight excluding hydrogens is 397 g/mol. The average Bonchev–Trinajstić information content (AvgIpc) is 2.59. The van der Waals surface area contributed by atoms with Gasteiger partial charge in [-0.1, -0.05) is 19.8 Å². The summed E-state index contributed by atoms with van der Waals surface area (Å²) in [5, 5.41) is 24.4. The van der Waals surface area contributed by atoms with E-state index in [4.69, 9.17) is 21.3 Å². The standard InChI is InChI=1S/C16H29N5O7.Na/c1-2-3-4-8-28-16(27)21-11(9-12(22)23)13(24)20-10(14(25)26)6-5-7-19-15(17)18;/h10-11H,2-9H2,1H3,(H,20,24)(H,21,27)(H,22,23)(H,25,26)(H4,17,18,19);/q;+1/p-1/t10-,11-;/m0./s1. The van der Waals surface area contributed by atoms with E-state index in [0.717, 1.165) is 12.8 Å². The fraction of sp³-hybridized carbons (Fsp3) is 0.688. The Balaban J connectivity index is 0. The van der Waals surface area contributed by atoms with Crippen LogP contribution in [0, 0.1) is 0 Å². The molecule has 12 nitrogen and oxygen atoms in total. The quantitative estimate of drug-likeness (QED) is 0.0780. The van der Waals surface area contributed by atoms with Crippen LogP contribution in [0.15, 0.2) is 4.99 Å². The number of aliphatic carboxylic acids is 2. The first-order chi connectivity index (χ1) is 13.2. The van der Waals surface area contributed by atoms with Gasteiger partial charge in [0.05, 0.1) is 25.0 Å². The summed E-state index contributed by atoms with van der Waals surface area (Å²) >= 11 is 0. The zero-order valence-electron chi connectivity index (χ0n) is 16.8. The fourth-order valence-corrected chi connectivity index (χ4v) is 2.11. The number of carbonyl (C=O) groups is 4. The molecule has 0 rings (SSSR count). The summed E-state index contributed by atoms with van der Waals surface area (Å²) in [5.74, 6) is -4.06. The van der Waals surface area contributed by atoms with Crippen molar-refractivity contribution in [2.24, 2.45) is 16.5 Å². The van der Waals surface area contributed by atoms with Crippen molar-refractivity contribution in [1.82, 2.24) is 10.6 Å². The molecule has 0 heterocycles. The second-order valence-corrected chi connectivity index (χ2v) is 5.97. The number of hydrogen-bond donors (Lipinski definition) is 5. The van der Waals surface area contributed by atoms with Crippen LogP contribution in [0.5, 0.6) is 0 Å². The van der Waals surface area contributed by atoms with Crippen LogP contribution < -0.4 is 56.8 Å². The van der Waals surface area contributed by atoms with Gasteiger partial charge in [-0.05, 0) is 19.3 Å². The van der Waals surface area contributed by atoms with Gasteiger partial charge >= 0.3 is 41.6 Å². The summed E-state index contributed by atoms with van der Waals surface area (Å²) in [6, 6.07) is -2.91. The van der Waals surface area contributed by atoms with E-state index in [0.29, 0.717) is 6.42 Å². The smallest absolute Gasteiger partial charge is 0.548 e. The minimum absolute atomic E-state index is 0. The number of alkyl carbamates (subject to hydrolysis) is 1. The van der Waals surface area contributed by atoms with Gasteiger partial charge < -0.3 is 41.8 Å². The van der Waals surface area contributed by atoms with Crippen molar-refractivity contribution in [3.8, 4) is 0 Å². The summed E-state index contributed by atoms with van der Waals surface area (Å²) < 4.78 is 4.87. The molecule has 2 atom stereocenters. The summed E-state index contributed by atoms with van der Waals surface area (Å²) in [5.41, 5.74) is 10.3. The van der Waals surface area contributed by atoms with Crippen molar-refractivity contribution in [3.63, 3.8) is 0 Å². The van der Waals surface area contributed by atoms with Crippen LogP contribution in [0.2, 0.25) is 0 Å². The number of hydrogen-bond acceptors (Lipinski definition) is 7. The molecule has 0 bridgehead atoms. The summed E-state index contributed by atoms with van der Waals surface area (Å²) in [6.45, 7) is 2.23. The Morgan fingerprint density at radius 2 is 1.76 bits per heavy atom. The van der Waals surface area contributed by atoms with E-state index in [-0.39, 0.29) is 61.5 Å². The molecule has 0 saturated heterocycles. The predicted octanol–water partition coefficient (Wildman–Crippen LogP) is -4.96. The SMILES string of the molecule is CCCCCOC(=O)N[C@@H](CC(=O)O)C(=O)N[C@@H](CCCN=C(N)N)C(=O)[O-].[Na+]. The summed E-state index contributed by atoms with van der Waals surface area (Å²) in [6.07, 6.45) is 0.864. The first-order valence-electron chi connectivity index (χ1n) is 8.89. The van der Waals surface area contributed by atoms with E-state index in [1.54, 1.807) is 0 Å². The molecule has 2 amide bonds. The monoisotopic (exact) mass is 425 g/mol. The van der Waals surface area contributed by atoms with Crippen LogP contribution in [0.4, 0.5) is 4.79 Å². The molecule has 0 aromatic rings. The van der Waals surface area contributed by atoms with Crippen molar-refractivity contribution in [2.45, 2.75) is 57.5 Å². The molecule has 0 radical (unpaired) electrons. The molecule has 0 aliphatic heterocycles. The van der Waals surface area contributed by atoms with Crippen LogP contribution >= 0.6 is 0 Å². The molecule has 0 unspecified atom stereocenters. The molecule has 0 aliphatic carbocycles. The average molecular weight is 425 g/mol. The number of guanidine groups is 1. The molecule has 7 N–H and O–H groups in total. The van der Waals surface area contributed by atoms with Gasteiger partial charge in [-0.2, -0.15) is 0 Å². The van der Waals surface area contributed by atoms with Crippen molar-refractivity contribution >= 4 is 29.9 Å². The largest absolute Gasteiger partial charge is 1.00 e. The number of rotatable bonds is 14. The minimum atomic E-state index is -1.56. The number of carboxylic acid groups (broad SMARTS) is 2. The maximum absolute atomic E-state index is 12.2. The molecular formula is C16H28N5NaO7. The van der Waals surface area contributed by atoms with E-state index < -0.39 is 42.4 Å². The third-order valence-electron chi connectivity index (χ3n) is 3.51. The van der Waals surface area contributed by atoms with E-state index in [2.05, 4.69) is 15.6 Å². The summed E-state index contributed by atoms with van der Waals surface area (Å²) in [4.78, 5) is 49.8. The van der Waals surface area contributed by atoms with Gasteiger partial charge in [-0.25, -0.2) is 4.79 Å². The van der Waals surface area contributed by atoms with Crippen molar-refractivity contribution in [1.29, 1.82) is 0 Å². The van der Waals surface area contributed by atoms with Gasteiger partial charge in [0, 0.05) is 6.54 Å². The molecule has 29 heavy (non-hydrogen) atoms. The van der Waals surface area contributed by atoms with Gasteiger partial charge in [0.2, 0.25) is 5.91 Å². The molecule has 160 valence electrons. The number of nitrogens with one attached hydrogen (secondary N) is 2.